The van der Waals surface area contributed by atoms with Crippen LogP contribution >= 0.6 is 0 Å². The molecule has 2 aromatic rings. The summed E-state index contributed by atoms with van der Waals surface area (Å²) in [5.41, 5.74) is 0.402. The van der Waals surface area contributed by atoms with Crippen LogP contribution in [0.15, 0.2) is 48.5 Å². The van der Waals surface area contributed by atoms with Gasteiger partial charge >= 0.3 is 0 Å². The summed E-state index contributed by atoms with van der Waals surface area (Å²) in [5.74, 6) is 1.70. The zero-order chi connectivity index (χ0) is 12.1. The monoisotopic (exact) mass is 225 g/mol. The van der Waals surface area contributed by atoms with Gasteiger partial charge in [0.1, 0.15) is 28.9 Å². The van der Waals surface area contributed by atoms with E-state index < -0.39 is 0 Å². The summed E-state index contributed by atoms with van der Waals surface area (Å²) >= 11 is 0. The molecule has 0 radical (unpaired) electrons. The molecule has 0 aliphatic rings. The van der Waals surface area contributed by atoms with E-state index >= 15 is 0 Å². The number of nitriles is 1. The lowest BCUT2D eigenvalue weighted by Crippen LogP contribution is -1.92. The van der Waals surface area contributed by atoms with E-state index in [1.54, 1.807) is 18.2 Å². The van der Waals surface area contributed by atoms with Crippen LogP contribution in [0.3, 0.4) is 0 Å². The van der Waals surface area contributed by atoms with Gasteiger partial charge < -0.3 is 9.47 Å². The SMILES string of the molecule is COc1cccc(Oc2ccccc2)c1C#N. The van der Waals surface area contributed by atoms with Crippen molar-refractivity contribution in [2.75, 3.05) is 7.11 Å². The van der Waals surface area contributed by atoms with Gasteiger partial charge in [0, 0.05) is 0 Å². The molecular formula is C14H11NO2. The third-order valence-corrected chi connectivity index (χ3v) is 2.29. The van der Waals surface area contributed by atoms with Crippen LogP contribution in [-0.4, -0.2) is 7.11 Å². The first-order chi connectivity index (χ1) is 8.35. The van der Waals surface area contributed by atoms with Crippen LogP contribution in [0.2, 0.25) is 0 Å². The molecule has 0 aromatic heterocycles. The molecule has 2 rings (SSSR count). The molecule has 0 N–H and O–H groups in total. The fourth-order valence-corrected chi connectivity index (χ4v) is 1.49. The molecule has 0 unspecified atom stereocenters. The quantitative estimate of drug-likeness (QED) is 0.804. The minimum atomic E-state index is 0.402. The lowest BCUT2D eigenvalue weighted by molar-refractivity contribution is 0.407. The molecule has 3 heteroatoms. The van der Waals surface area contributed by atoms with E-state index in [0.29, 0.717) is 22.8 Å². The standard InChI is InChI=1S/C14H11NO2/c1-16-13-8-5-9-14(12(13)10-15)17-11-6-3-2-4-7-11/h2-9H,1H3. The maximum Gasteiger partial charge on any atom is 0.148 e. The highest BCUT2D eigenvalue weighted by Crippen LogP contribution is 2.30. The van der Waals surface area contributed by atoms with E-state index in [1.165, 1.54) is 7.11 Å². The Bertz CT molecular complexity index is 544. The Labute approximate surface area is 99.8 Å². The zero-order valence-electron chi connectivity index (χ0n) is 9.38. The highest BCUT2D eigenvalue weighted by atomic mass is 16.5. The Morgan fingerprint density at radius 3 is 2.29 bits per heavy atom. The molecular weight excluding hydrogens is 214 g/mol. The van der Waals surface area contributed by atoms with Crippen LogP contribution in [0.5, 0.6) is 17.2 Å². The summed E-state index contributed by atoms with van der Waals surface area (Å²) in [7, 11) is 1.53. The Hall–Kier alpha value is -2.47. The van der Waals surface area contributed by atoms with Crippen molar-refractivity contribution in [2.24, 2.45) is 0 Å². The molecule has 0 spiro atoms. The molecule has 0 heterocycles. The Kier molecular flexibility index (Phi) is 3.27. The van der Waals surface area contributed by atoms with Crippen molar-refractivity contribution in [3.05, 3.63) is 54.1 Å². The first-order valence-electron chi connectivity index (χ1n) is 5.15. The summed E-state index contributed by atoms with van der Waals surface area (Å²) in [5, 5.41) is 9.10. The Balaban J connectivity index is 2.37. The van der Waals surface area contributed by atoms with Gasteiger partial charge in [-0.15, -0.1) is 0 Å². The second kappa shape index (κ2) is 5.04. The molecule has 3 nitrogen and oxygen atoms in total. The predicted molar refractivity (Wildman–Crippen MR) is 64.2 cm³/mol. The molecule has 84 valence electrons. The van der Waals surface area contributed by atoms with Crippen molar-refractivity contribution in [2.45, 2.75) is 0 Å². The van der Waals surface area contributed by atoms with Gasteiger partial charge in [-0.2, -0.15) is 5.26 Å². The second-order valence-corrected chi connectivity index (χ2v) is 3.36. The second-order valence-electron chi connectivity index (χ2n) is 3.36. The topological polar surface area (TPSA) is 42.2 Å². The highest BCUT2D eigenvalue weighted by molar-refractivity contribution is 5.53. The van der Waals surface area contributed by atoms with Crippen LogP contribution in [0, 0.1) is 11.3 Å². The van der Waals surface area contributed by atoms with E-state index in [2.05, 4.69) is 6.07 Å². The van der Waals surface area contributed by atoms with E-state index in [0.717, 1.165) is 0 Å². The first kappa shape index (κ1) is 11.0. The molecule has 0 atom stereocenters. The third kappa shape index (κ3) is 2.37. The minimum Gasteiger partial charge on any atom is -0.495 e. The summed E-state index contributed by atoms with van der Waals surface area (Å²) in [6.07, 6.45) is 0. The summed E-state index contributed by atoms with van der Waals surface area (Å²) in [6.45, 7) is 0. The number of hydrogen-bond donors (Lipinski definition) is 0. The summed E-state index contributed by atoms with van der Waals surface area (Å²) in [4.78, 5) is 0. The maximum atomic E-state index is 9.10. The minimum absolute atomic E-state index is 0.402. The molecule has 0 saturated carbocycles. The van der Waals surface area contributed by atoms with Gasteiger partial charge in [0.2, 0.25) is 0 Å². The smallest absolute Gasteiger partial charge is 0.148 e. The van der Waals surface area contributed by atoms with Crippen LogP contribution in [0.4, 0.5) is 0 Å². The molecule has 0 aliphatic carbocycles. The lowest BCUT2D eigenvalue weighted by Gasteiger charge is -2.09. The van der Waals surface area contributed by atoms with Crippen LogP contribution in [0.1, 0.15) is 5.56 Å². The van der Waals surface area contributed by atoms with Crippen molar-refractivity contribution < 1.29 is 9.47 Å². The van der Waals surface area contributed by atoms with Crippen molar-refractivity contribution in [1.29, 1.82) is 5.26 Å². The maximum absolute atomic E-state index is 9.10. The van der Waals surface area contributed by atoms with Crippen molar-refractivity contribution >= 4 is 0 Å². The van der Waals surface area contributed by atoms with Gasteiger partial charge in [0.25, 0.3) is 0 Å². The third-order valence-electron chi connectivity index (χ3n) is 2.29. The van der Waals surface area contributed by atoms with Gasteiger partial charge in [-0.1, -0.05) is 24.3 Å². The molecule has 0 amide bonds. The van der Waals surface area contributed by atoms with Crippen LogP contribution < -0.4 is 9.47 Å². The number of methoxy groups -OCH3 is 1. The van der Waals surface area contributed by atoms with Gasteiger partial charge in [-0.25, -0.2) is 0 Å². The van der Waals surface area contributed by atoms with Crippen LogP contribution in [-0.2, 0) is 0 Å². The van der Waals surface area contributed by atoms with E-state index in [1.807, 2.05) is 30.3 Å². The number of ether oxygens (including phenoxy) is 2. The van der Waals surface area contributed by atoms with Crippen LogP contribution in [0.25, 0.3) is 0 Å². The van der Waals surface area contributed by atoms with Crippen molar-refractivity contribution in [1.82, 2.24) is 0 Å². The fourth-order valence-electron chi connectivity index (χ4n) is 1.49. The fraction of sp³-hybridized carbons (Fsp3) is 0.0714. The van der Waals surface area contributed by atoms with Gasteiger partial charge in [0.15, 0.2) is 0 Å². The van der Waals surface area contributed by atoms with Crippen molar-refractivity contribution in [3.63, 3.8) is 0 Å². The number of benzene rings is 2. The highest BCUT2D eigenvalue weighted by Gasteiger charge is 2.09. The average molecular weight is 225 g/mol. The van der Waals surface area contributed by atoms with Gasteiger partial charge in [0.05, 0.1) is 7.11 Å². The first-order valence-corrected chi connectivity index (χ1v) is 5.15. The number of para-hydroxylation sites is 1. The van der Waals surface area contributed by atoms with E-state index in [9.17, 15) is 0 Å². The average Bonchev–Trinajstić information content (AvgIpc) is 2.39. The van der Waals surface area contributed by atoms with Crippen molar-refractivity contribution in [3.8, 4) is 23.3 Å². The molecule has 2 aromatic carbocycles. The summed E-state index contributed by atoms with van der Waals surface area (Å²) in [6, 6.07) is 16.7. The Morgan fingerprint density at radius 1 is 0.941 bits per heavy atom. The largest absolute Gasteiger partial charge is 0.495 e. The number of hydrogen-bond acceptors (Lipinski definition) is 3. The summed E-state index contributed by atoms with van der Waals surface area (Å²) < 4.78 is 10.8. The molecule has 0 fully saturated rings. The van der Waals surface area contributed by atoms with E-state index in [-0.39, 0.29) is 0 Å². The van der Waals surface area contributed by atoms with Gasteiger partial charge in [-0.05, 0) is 24.3 Å². The normalized spacial score (nSPS) is 9.41. The number of rotatable bonds is 3. The van der Waals surface area contributed by atoms with E-state index in [4.69, 9.17) is 14.7 Å². The lowest BCUT2D eigenvalue weighted by atomic mass is 10.2. The predicted octanol–water partition coefficient (Wildman–Crippen LogP) is 3.36. The molecule has 0 saturated heterocycles. The molecule has 0 bridgehead atoms. The molecule has 0 aliphatic heterocycles. The number of nitrogens with zero attached hydrogens (tertiary/aromatic N) is 1. The Morgan fingerprint density at radius 2 is 1.65 bits per heavy atom. The van der Waals surface area contributed by atoms with Gasteiger partial charge in [-0.3, -0.25) is 0 Å². The molecule has 17 heavy (non-hydrogen) atoms. The zero-order valence-corrected chi connectivity index (χ0v) is 9.38.